The molecule has 0 aliphatic rings. The quantitative estimate of drug-likeness (QED) is 0.0542. The van der Waals surface area contributed by atoms with Gasteiger partial charge in [0.15, 0.2) is 0 Å². The number of hydrogen-bond donors (Lipinski definition) is 1. The van der Waals surface area contributed by atoms with Crippen LogP contribution in [0.1, 0.15) is 130 Å². The molecule has 0 saturated heterocycles. The molecule has 0 spiro atoms. The van der Waals surface area contributed by atoms with Crippen LogP contribution < -0.4 is 0 Å². The number of rotatable bonds is 25. The van der Waals surface area contributed by atoms with Gasteiger partial charge in [0.25, 0.3) is 0 Å². The van der Waals surface area contributed by atoms with E-state index in [1.165, 1.54) is 70.6 Å². The number of aliphatic hydroxyl groups is 1. The van der Waals surface area contributed by atoms with Gasteiger partial charge in [-0.2, -0.15) is 11.8 Å². The number of carbonyl (C=O) groups is 1. The number of thioether (sulfide) groups is 1. The Hall–Kier alpha value is -0.200. The third kappa shape index (κ3) is 16.3. The lowest BCUT2D eigenvalue weighted by molar-refractivity contribution is -0.206. The van der Waals surface area contributed by atoms with Gasteiger partial charge in [-0.05, 0) is 36.5 Å². The van der Waals surface area contributed by atoms with Gasteiger partial charge in [-0.15, -0.1) is 4.52 Å². The van der Waals surface area contributed by atoms with Crippen LogP contribution in [-0.4, -0.2) is 47.4 Å². The largest absolute Gasteiger partial charge is 0.589 e. The molecule has 8 heteroatoms. The summed E-state index contributed by atoms with van der Waals surface area (Å²) in [5.74, 6) is -0.0645. The first-order valence-corrected chi connectivity index (χ1v) is 16.3. The van der Waals surface area contributed by atoms with E-state index in [-0.39, 0.29) is 11.9 Å². The van der Waals surface area contributed by atoms with Crippen molar-refractivity contribution in [1.29, 1.82) is 0 Å². The molecule has 0 aliphatic carbocycles. The van der Waals surface area contributed by atoms with Crippen LogP contribution in [0.15, 0.2) is 0 Å². The van der Waals surface area contributed by atoms with Gasteiger partial charge in [0.05, 0.1) is 13.2 Å². The fraction of sp³-hybridized carbons (Fsp3) is 0.963. The van der Waals surface area contributed by atoms with Crippen LogP contribution in [0.3, 0.4) is 0 Å². The van der Waals surface area contributed by atoms with Crippen molar-refractivity contribution in [3.05, 3.63) is 0 Å². The molecular weight excluding hydrogens is 483 g/mol. The van der Waals surface area contributed by atoms with E-state index in [9.17, 15) is 14.5 Å². The van der Waals surface area contributed by atoms with Crippen molar-refractivity contribution >= 4 is 25.8 Å². The molecule has 0 aromatic heterocycles. The minimum atomic E-state index is -2.78. The summed E-state index contributed by atoms with van der Waals surface area (Å²) >= 11 is 1.83. The summed E-state index contributed by atoms with van der Waals surface area (Å²) in [4.78, 5) is 12.3. The predicted octanol–water partition coefficient (Wildman–Crippen LogP) is 8.37. The molecule has 4 atom stereocenters. The van der Waals surface area contributed by atoms with E-state index < -0.39 is 25.6 Å². The van der Waals surface area contributed by atoms with Crippen LogP contribution in [0.4, 0.5) is 0 Å². The lowest BCUT2D eigenvalue weighted by Gasteiger charge is -2.26. The minimum absolute atomic E-state index is 0.0939. The predicted molar refractivity (Wildman–Crippen MR) is 148 cm³/mol. The molecule has 0 amide bonds. The second-order valence-electron chi connectivity index (χ2n) is 9.45. The molecule has 0 aliphatic heterocycles. The molecule has 4 unspecified atom stereocenters. The Balaban J connectivity index is 4.82. The van der Waals surface area contributed by atoms with Crippen molar-refractivity contribution < 1.29 is 28.5 Å². The van der Waals surface area contributed by atoms with Gasteiger partial charge in [-0.25, -0.2) is 4.79 Å². The zero-order chi connectivity index (χ0) is 26.4. The average Bonchev–Trinajstić information content (AvgIpc) is 2.86. The first-order chi connectivity index (χ1) is 16.9. The molecule has 0 aromatic carbocycles. The Labute approximate surface area is 220 Å². The van der Waals surface area contributed by atoms with E-state index in [2.05, 4.69) is 13.8 Å². The number of methoxy groups -OCH3 is 1. The molecule has 0 fully saturated rings. The second kappa shape index (κ2) is 23.0. The highest BCUT2D eigenvalue weighted by Crippen LogP contribution is 2.42. The van der Waals surface area contributed by atoms with E-state index in [1.54, 1.807) is 0 Å². The lowest BCUT2D eigenvalue weighted by atomic mass is 10.1. The van der Waals surface area contributed by atoms with E-state index >= 15 is 0 Å². The molecule has 0 saturated carbocycles. The zero-order valence-electron chi connectivity index (χ0n) is 23.2. The smallest absolute Gasteiger partial charge is 0.461 e. The van der Waals surface area contributed by atoms with E-state index in [4.69, 9.17) is 14.0 Å². The highest BCUT2D eigenvalue weighted by atomic mass is 32.2. The zero-order valence-corrected chi connectivity index (χ0v) is 24.9. The first-order valence-electron chi connectivity index (χ1n) is 14.1. The fourth-order valence-corrected chi connectivity index (χ4v) is 6.30. The second-order valence-corrected chi connectivity index (χ2v) is 12.2. The summed E-state index contributed by atoms with van der Waals surface area (Å²) in [6, 6.07) is 0. The molecule has 0 heterocycles. The maximum atomic E-state index is 12.6. The summed E-state index contributed by atoms with van der Waals surface area (Å²) in [7, 11) is -1.64. The molecule has 1 N–H and O–H groups in total. The number of ether oxygens (including phenoxy) is 2. The molecule has 0 radical (unpaired) electrons. The third-order valence-corrected chi connectivity index (χ3v) is 8.93. The first kappa shape index (κ1) is 34.8. The summed E-state index contributed by atoms with van der Waals surface area (Å²) in [5, 5.41) is 11.0. The third-order valence-electron chi connectivity index (χ3n) is 6.16. The summed E-state index contributed by atoms with van der Waals surface area (Å²) < 4.78 is 28.3. The molecule has 0 aromatic rings. The Kier molecular flexibility index (Phi) is 22.8. The van der Waals surface area contributed by atoms with Crippen molar-refractivity contribution in [1.82, 2.24) is 0 Å². The van der Waals surface area contributed by atoms with Gasteiger partial charge in [0, 0.05) is 5.25 Å². The van der Waals surface area contributed by atoms with E-state index in [1.807, 2.05) is 25.6 Å². The normalized spacial score (nSPS) is 15.4. The number of esters is 1. The monoisotopic (exact) mass is 537 g/mol. The van der Waals surface area contributed by atoms with Crippen molar-refractivity contribution in [2.45, 2.75) is 147 Å². The van der Waals surface area contributed by atoms with Gasteiger partial charge < -0.3 is 9.84 Å². The summed E-state index contributed by atoms with van der Waals surface area (Å²) in [5.41, 5.74) is -2.59. The molecule has 0 rings (SSSR count). The Morgan fingerprint density at radius 3 is 1.89 bits per heavy atom. The van der Waals surface area contributed by atoms with Gasteiger partial charge in [0.2, 0.25) is 0 Å². The lowest BCUT2D eigenvalue weighted by Crippen LogP contribution is -2.44. The van der Waals surface area contributed by atoms with Gasteiger partial charge in [0.1, 0.15) is 6.61 Å². The van der Waals surface area contributed by atoms with E-state index in [0.29, 0.717) is 6.42 Å². The maximum Gasteiger partial charge on any atom is 0.589 e. The van der Waals surface area contributed by atoms with Crippen LogP contribution in [0.5, 0.6) is 0 Å². The van der Waals surface area contributed by atoms with E-state index in [0.717, 1.165) is 38.5 Å². The highest BCUT2D eigenvalue weighted by Gasteiger charge is 2.62. The SMILES string of the molecule is CCCCCCCCCCCSC(CCCCCCC)C(C)OC(O)(C(=O)OC)[P+](=O)OCCC. The van der Waals surface area contributed by atoms with Crippen LogP contribution in [0.2, 0.25) is 0 Å². The summed E-state index contributed by atoms with van der Waals surface area (Å²) in [6.07, 6.45) is 18.6. The maximum absolute atomic E-state index is 12.6. The van der Waals surface area contributed by atoms with Gasteiger partial charge in [-0.3, -0.25) is 4.74 Å². The van der Waals surface area contributed by atoms with Crippen molar-refractivity contribution in [2.75, 3.05) is 19.5 Å². The van der Waals surface area contributed by atoms with Crippen molar-refractivity contribution in [3.8, 4) is 0 Å². The number of hydrogen-bond acceptors (Lipinski definition) is 7. The van der Waals surface area contributed by atoms with Crippen molar-refractivity contribution in [3.63, 3.8) is 0 Å². The van der Waals surface area contributed by atoms with Crippen LogP contribution in [0, 0.1) is 0 Å². The minimum Gasteiger partial charge on any atom is -0.461 e. The standard InChI is InChI=1S/C27H54O6PS/c1-6-9-11-13-14-15-16-18-20-23-35-25(21-19-17-12-10-7-2)24(4)33-27(29,26(28)31-5)34(30)32-22-8-3/h24-25,29H,6-23H2,1-5H3/q+1. The van der Waals surface area contributed by atoms with Crippen LogP contribution >= 0.6 is 19.8 Å². The van der Waals surface area contributed by atoms with Gasteiger partial charge in [-0.1, -0.05) is 104 Å². The molecule has 6 nitrogen and oxygen atoms in total. The van der Waals surface area contributed by atoms with Crippen LogP contribution in [-0.2, 0) is 23.4 Å². The summed E-state index contributed by atoms with van der Waals surface area (Å²) in [6.45, 7) is 8.33. The van der Waals surface area contributed by atoms with Crippen molar-refractivity contribution in [2.24, 2.45) is 0 Å². The highest BCUT2D eigenvalue weighted by molar-refractivity contribution is 7.99. The van der Waals surface area contributed by atoms with Crippen LogP contribution in [0.25, 0.3) is 0 Å². The molecular formula is C27H54O6PS+. The number of unbranched alkanes of at least 4 members (excludes halogenated alkanes) is 12. The molecule has 208 valence electrons. The Morgan fingerprint density at radius 1 is 0.857 bits per heavy atom. The average molecular weight is 538 g/mol. The Bertz CT molecular complexity index is 536. The topological polar surface area (TPSA) is 82.1 Å². The van der Waals surface area contributed by atoms with Gasteiger partial charge >= 0.3 is 19.5 Å². The number of carbonyl (C=O) groups excluding carboxylic acids is 1. The molecule has 35 heavy (non-hydrogen) atoms. The molecule has 0 bridgehead atoms. The Morgan fingerprint density at radius 2 is 1.37 bits per heavy atom. The fourth-order valence-electron chi connectivity index (χ4n) is 3.95.